The number of hydrogen-bond donors (Lipinski definition) is 0. The van der Waals surface area contributed by atoms with Crippen molar-refractivity contribution in [2.75, 3.05) is 38.7 Å². The van der Waals surface area contributed by atoms with E-state index < -0.39 is 0 Å². The van der Waals surface area contributed by atoms with Crippen LogP contribution < -0.4 is 9.64 Å². The van der Waals surface area contributed by atoms with Crippen molar-refractivity contribution in [1.29, 1.82) is 0 Å². The molecule has 1 heterocycles. The molecule has 5 nitrogen and oxygen atoms in total. The van der Waals surface area contributed by atoms with Crippen LogP contribution in [0.4, 0.5) is 5.13 Å². The van der Waals surface area contributed by atoms with Crippen molar-refractivity contribution >= 4 is 67.4 Å². The number of halogens is 3. The third kappa shape index (κ3) is 5.77. The Labute approximate surface area is 195 Å². The zero-order valence-corrected chi connectivity index (χ0v) is 20.0. The fourth-order valence-electron chi connectivity index (χ4n) is 2.94. The van der Waals surface area contributed by atoms with Crippen LogP contribution >= 0.6 is 46.1 Å². The second-order valence-corrected chi connectivity index (χ2v) is 9.42. The van der Waals surface area contributed by atoms with Crippen molar-refractivity contribution in [2.45, 2.75) is 13.3 Å². The van der Waals surface area contributed by atoms with Crippen LogP contribution in [0.25, 0.3) is 10.2 Å². The topological polar surface area (TPSA) is 45.7 Å². The monoisotopic (exact) mass is 485 g/mol. The molecular weight excluding hydrogens is 465 g/mol. The van der Waals surface area contributed by atoms with Gasteiger partial charge < -0.3 is 9.64 Å². The molecule has 0 spiro atoms. The summed E-state index contributed by atoms with van der Waals surface area (Å²) in [6.07, 6.45) is 0.802. The molecule has 0 aliphatic carbocycles. The zero-order valence-electron chi connectivity index (χ0n) is 16.9. The van der Waals surface area contributed by atoms with Crippen LogP contribution in [0.1, 0.15) is 12.0 Å². The predicted molar refractivity (Wildman–Crippen MR) is 127 cm³/mol. The standard InChI is InChI=1S/C21H22Cl3N3O2S/c1-13-9-15(23)11-18-20(13)25-21(30-18)27(8-4-7-26(2)3)19(28)12-29-17-6-5-14(22)10-16(17)24/h5-6,9-11H,4,7-8,12H2,1-3H3. The fourth-order valence-corrected chi connectivity index (χ4v) is 4.87. The molecule has 0 saturated carbocycles. The highest BCUT2D eigenvalue weighted by atomic mass is 35.5. The van der Waals surface area contributed by atoms with Gasteiger partial charge in [-0.15, -0.1) is 0 Å². The summed E-state index contributed by atoms with van der Waals surface area (Å²) in [5.74, 6) is 0.220. The molecule has 30 heavy (non-hydrogen) atoms. The number of ether oxygens (including phenoxy) is 1. The smallest absolute Gasteiger partial charge is 0.266 e. The first-order valence-electron chi connectivity index (χ1n) is 9.34. The van der Waals surface area contributed by atoms with E-state index in [1.807, 2.05) is 33.2 Å². The Bertz CT molecular complexity index is 1060. The Kier molecular flexibility index (Phi) is 7.82. The summed E-state index contributed by atoms with van der Waals surface area (Å²) in [5.41, 5.74) is 1.83. The van der Waals surface area contributed by atoms with Gasteiger partial charge in [0.15, 0.2) is 11.7 Å². The molecule has 0 radical (unpaired) electrons. The van der Waals surface area contributed by atoms with Crippen molar-refractivity contribution in [1.82, 2.24) is 9.88 Å². The number of carbonyl (C=O) groups is 1. The summed E-state index contributed by atoms with van der Waals surface area (Å²) >= 11 is 19.7. The van der Waals surface area contributed by atoms with Gasteiger partial charge in [0.2, 0.25) is 0 Å². The first-order valence-corrected chi connectivity index (χ1v) is 11.3. The number of nitrogens with zero attached hydrogens (tertiary/aromatic N) is 3. The average Bonchev–Trinajstić information content (AvgIpc) is 3.08. The maximum Gasteiger partial charge on any atom is 0.266 e. The van der Waals surface area contributed by atoms with Gasteiger partial charge in [-0.25, -0.2) is 4.98 Å². The van der Waals surface area contributed by atoms with Crippen LogP contribution in [0.2, 0.25) is 15.1 Å². The van der Waals surface area contributed by atoms with Gasteiger partial charge in [0.1, 0.15) is 5.75 Å². The van der Waals surface area contributed by atoms with E-state index in [1.165, 1.54) is 11.3 Å². The first kappa shape index (κ1) is 23.1. The lowest BCUT2D eigenvalue weighted by Crippen LogP contribution is -2.36. The summed E-state index contributed by atoms with van der Waals surface area (Å²) < 4.78 is 6.61. The number of thiazole rings is 1. The molecule has 0 aliphatic rings. The summed E-state index contributed by atoms with van der Waals surface area (Å²) in [6.45, 7) is 3.19. The van der Waals surface area contributed by atoms with Crippen LogP contribution in [0.15, 0.2) is 30.3 Å². The number of aromatic nitrogens is 1. The Hall–Kier alpha value is -1.57. The number of amides is 1. The van der Waals surface area contributed by atoms with Crippen LogP contribution in [0.3, 0.4) is 0 Å². The largest absolute Gasteiger partial charge is 0.482 e. The Morgan fingerprint density at radius 2 is 1.87 bits per heavy atom. The van der Waals surface area contributed by atoms with Crippen molar-refractivity contribution in [2.24, 2.45) is 0 Å². The lowest BCUT2D eigenvalue weighted by atomic mass is 10.2. The minimum absolute atomic E-state index is 0.154. The fraction of sp³-hybridized carbons (Fsp3) is 0.333. The highest BCUT2D eigenvalue weighted by Crippen LogP contribution is 2.33. The van der Waals surface area contributed by atoms with Gasteiger partial charge in [0, 0.05) is 16.6 Å². The van der Waals surface area contributed by atoms with Crippen LogP contribution in [-0.2, 0) is 4.79 Å². The summed E-state index contributed by atoms with van der Waals surface area (Å²) in [5, 5.41) is 2.15. The van der Waals surface area contributed by atoms with E-state index in [0.717, 1.165) is 28.7 Å². The van der Waals surface area contributed by atoms with E-state index in [9.17, 15) is 4.79 Å². The summed E-state index contributed by atoms with van der Waals surface area (Å²) in [7, 11) is 4.00. The minimum atomic E-state index is -0.192. The van der Waals surface area contributed by atoms with Gasteiger partial charge in [0.05, 0.1) is 15.2 Å². The minimum Gasteiger partial charge on any atom is -0.482 e. The van der Waals surface area contributed by atoms with Gasteiger partial charge in [-0.2, -0.15) is 0 Å². The Morgan fingerprint density at radius 1 is 1.10 bits per heavy atom. The van der Waals surface area contributed by atoms with Crippen molar-refractivity contribution in [3.8, 4) is 5.75 Å². The number of rotatable bonds is 8. The van der Waals surface area contributed by atoms with E-state index in [-0.39, 0.29) is 12.5 Å². The quantitative estimate of drug-likeness (QED) is 0.396. The molecule has 9 heteroatoms. The number of anilines is 1. The molecule has 0 atom stereocenters. The number of aryl methyl sites for hydroxylation is 1. The second kappa shape index (κ2) is 10.2. The van der Waals surface area contributed by atoms with Crippen molar-refractivity contribution in [3.63, 3.8) is 0 Å². The molecule has 3 rings (SSSR count). The summed E-state index contributed by atoms with van der Waals surface area (Å²) in [4.78, 5) is 21.5. The zero-order chi connectivity index (χ0) is 21.8. The van der Waals surface area contributed by atoms with Gasteiger partial charge in [0.25, 0.3) is 5.91 Å². The van der Waals surface area contributed by atoms with E-state index in [1.54, 1.807) is 23.1 Å². The maximum absolute atomic E-state index is 13.1. The van der Waals surface area contributed by atoms with Gasteiger partial charge in [-0.05, 0) is 69.9 Å². The second-order valence-electron chi connectivity index (χ2n) is 7.13. The molecule has 0 unspecified atom stereocenters. The van der Waals surface area contributed by atoms with Crippen LogP contribution in [-0.4, -0.2) is 49.6 Å². The lowest BCUT2D eigenvalue weighted by molar-refractivity contribution is -0.120. The van der Waals surface area contributed by atoms with E-state index in [2.05, 4.69) is 4.90 Å². The molecule has 3 aromatic rings. The third-order valence-electron chi connectivity index (χ3n) is 4.40. The maximum atomic E-state index is 13.1. The van der Waals surface area contributed by atoms with Crippen molar-refractivity contribution in [3.05, 3.63) is 51.0 Å². The highest BCUT2D eigenvalue weighted by Gasteiger charge is 2.21. The van der Waals surface area contributed by atoms with Crippen LogP contribution in [0, 0.1) is 6.92 Å². The molecule has 2 aromatic carbocycles. The number of fused-ring (bicyclic) bond motifs is 1. The van der Waals surface area contributed by atoms with Gasteiger partial charge >= 0.3 is 0 Å². The molecule has 0 saturated heterocycles. The highest BCUT2D eigenvalue weighted by molar-refractivity contribution is 7.22. The molecule has 0 aliphatic heterocycles. The molecule has 1 aromatic heterocycles. The normalized spacial score (nSPS) is 11.3. The van der Waals surface area contributed by atoms with Gasteiger partial charge in [-0.3, -0.25) is 9.69 Å². The summed E-state index contributed by atoms with van der Waals surface area (Å²) in [6, 6.07) is 8.64. The van der Waals surface area contributed by atoms with Crippen LogP contribution in [0.5, 0.6) is 5.75 Å². The number of carbonyl (C=O) groups excluding carboxylic acids is 1. The third-order valence-corrected chi connectivity index (χ3v) is 6.18. The molecule has 1 amide bonds. The average molecular weight is 487 g/mol. The Balaban J connectivity index is 1.82. The van der Waals surface area contributed by atoms with E-state index in [4.69, 9.17) is 44.5 Å². The molecule has 0 bridgehead atoms. The number of benzene rings is 2. The lowest BCUT2D eigenvalue weighted by Gasteiger charge is -2.21. The van der Waals surface area contributed by atoms with Gasteiger partial charge in [-0.1, -0.05) is 46.1 Å². The number of hydrogen-bond acceptors (Lipinski definition) is 5. The van der Waals surface area contributed by atoms with Crippen molar-refractivity contribution < 1.29 is 9.53 Å². The molecular formula is C21H22Cl3N3O2S. The molecule has 0 N–H and O–H groups in total. The van der Waals surface area contributed by atoms with E-state index in [0.29, 0.717) is 32.5 Å². The van der Waals surface area contributed by atoms with E-state index >= 15 is 0 Å². The SMILES string of the molecule is Cc1cc(Cl)cc2sc(N(CCCN(C)C)C(=O)COc3ccc(Cl)cc3Cl)nc12. The molecule has 0 fully saturated rings. The predicted octanol–water partition coefficient (Wildman–Crippen LogP) is 5.93. The first-order chi connectivity index (χ1) is 14.2. The Morgan fingerprint density at radius 3 is 2.57 bits per heavy atom. The molecule has 160 valence electrons.